The Kier molecular flexibility index (Phi) is 5.95. The number of methoxy groups -OCH3 is 2. The Hall–Kier alpha value is -2.84. The summed E-state index contributed by atoms with van der Waals surface area (Å²) < 4.78 is 11.3. The summed E-state index contributed by atoms with van der Waals surface area (Å²) in [6, 6.07) is 7.76. The lowest BCUT2D eigenvalue weighted by Gasteiger charge is -2.13. The van der Waals surface area contributed by atoms with Gasteiger partial charge >= 0.3 is 5.97 Å². The lowest BCUT2D eigenvalue weighted by atomic mass is 10.1. The number of carboxylic acid groups (broad SMARTS) is 1. The molecule has 0 unspecified atom stereocenters. The third kappa shape index (κ3) is 3.99. The van der Waals surface area contributed by atoms with Crippen molar-refractivity contribution >= 4 is 56.9 Å². The number of nitrogens with zero attached hydrogens (tertiary/aromatic N) is 2. The van der Waals surface area contributed by atoms with E-state index in [1.165, 1.54) is 26.4 Å². The highest BCUT2D eigenvalue weighted by Crippen LogP contribution is 2.35. The second-order valence-corrected chi connectivity index (χ2v) is 7.32. The Labute approximate surface area is 180 Å². The van der Waals surface area contributed by atoms with E-state index in [2.05, 4.69) is 21.0 Å². The van der Waals surface area contributed by atoms with E-state index in [9.17, 15) is 14.7 Å². The molecule has 1 amide bonds. The molecule has 0 bridgehead atoms. The molecule has 3 rings (SSSR count). The number of amides is 1. The van der Waals surface area contributed by atoms with Crippen LogP contribution in [-0.4, -0.2) is 36.9 Å². The van der Waals surface area contributed by atoms with Gasteiger partial charge in [0.05, 0.1) is 41.8 Å². The number of carbonyl (C=O) groups is 2. The molecule has 0 radical (unpaired) electrons. The third-order valence-corrected chi connectivity index (χ3v) is 5.31. The minimum Gasteiger partial charge on any atom is -0.493 e. The summed E-state index contributed by atoms with van der Waals surface area (Å²) in [7, 11) is 3.06. The van der Waals surface area contributed by atoms with Crippen molar-refractivity contribution in [3.63, 3.8) is 0 Å². The van der Waals surface area contributed by atoms with Crippen LogP contribution in [0.4, 0.5) is 5.69 Å². The first-order valence-electron chi connectivity index (χ1n) is 8.33. The maximum atomic E-state index is 13.0. The van der Waals surface area contributed by atoms with Crippen LogP contribution in [0, 0.1) is 0 Å². The molecule has 0 aromatic heterocycles. The van der Waals surface area contributed by atoms with Crippen molar-refractivity contribution in [3.8, 4) is 11.5 Å². The van der Waals surface area contributed by atoms with Crippen LogP contribution >= 0.6 is 27.5 Å². The van der Waals surface area contributed by atoms with Gasteiger partial charge in [0.15, 0.2) is 11.5 Å². The molecule has 0 aliphatic carbocycles. The average Bonchev–Trinajstić information content (AvgIpc) is 2.97. The second kappa shape index (κ2) is 8.26. The SMILES string of the molecule is COc1cc(Br)c(/C=C2/C(=O)N(c3ccc(Cl)c(C(=O)O)c3)N=C2C)cc1OC. The Bertz CT molecular complexity index is 1080. The number of anilines is 1. The van der Waals surface area contributed by atoms with Gasteiger partial charge in [0.1, 0.15) is 0 Å². The molecular weight excluding hydrogens is 464 g/mol. The first-order chi connectivity index (χ1) is 13.8. The zero-order valence-corrected chi connectivity index (χ0v) is 18.0. The van der Waals surface area contributed by atoms with E-state index in [1.54, 1.807) is 31.2 Å². The Morgan fingerprint density at radius 3 is 2.48 bits per heavy atom. The minimum atomic E-state index is -1.19. The number of aromatic carboxylic acids is 1. The van der Waals surface area contributed by atoms with Crippen molar-refractivity contribution in [3.05, 3.63) is 56.5 Å². The Morgan fingerprint density at radius 2 is 1.86 bits per heavy atom. The van der Waals surface area contributed by atoms with Gasteiger partial charge in [-0.25, -0.2) is 4.79 Å². The van der Waals surface area contributed by atoms with Gasteiger partial charge in [0, 0.05) is 4.47 Å². The lowest BCUT2D eigenvalue weighted by molar-refractivity contribution is -0.114. The third-order valence-electron chi connectivity index (χ3n) is 4.29. The van der Waals surface area contributed by atoms with E-state index in [4.69, 9.17) is 21.1 Å². The van der Waals surface area contributed by atoms with Gasteiger partial charge in [-0.15, -0.1) is 0 Å². The quantitative estimate of drug-likeness (QED) is 0.632. The van der Waals surface area contributed by atoms with Gasteiger partial charge < -0.3 is 14.6 Å². The molecule has 29 heavy (non-hydrogen) atoms. The van der Waals surface area contributed by atoms with Gasteiger partial charge in [0.2, 0.25) is 0 Å². The molecule has 0 atom stereocenters. The molecular formula is C20H16BrClN2O5. The Morgan fingerprint density at radius 1 is 1.21 bits per heavy atom. The second-order valence-electron chi connectivity index (χ2n) is 6.06. The molecule has 0 spiro atoms. The van der Waals surface area contributed by atoms with Crippen molar-refractivity contribution < 1.29 is 24.2 Å². The summed E-state index contributed by atoms with van der Waals surface area (Å²) in [6.45, 7) is 1.70. The summed E-state index contributed by atoms with van der Waals surface area (Å²) in [5, 5.41) is 14.8. The molecule has 1 N–H and O–H groups in total. The number of carboxylic acids is 1. The first-order valence-corrected chi connectivity index (χ1v) is 9.50. The van der Waals surface area contributed by atoms with Crippen LogP contribution in [-0.2, 0) is 4.79 Å². The predicted octanol–water partition coefficient (Wildman–Crippen LogP) is 4.62. The fourth-order valence-corrected chi connectivity index (χ4v) is 3.44. The van der Waals surface area contributed by atoms with Crippen molar-refractivity contribution in [2.24, 2.45) is 5.10 Å². The van der Waals surface area contributed by atoms with E-state index in [0.717, 1.165) is 5.01 Å². The van der Waals surface area contributed by atoms with Gasteiger partial charge in [-0.2, -0.15) is 10.1 Å². The van der Waals surface area contributed by atoms with Crippen LogP contribution in [0.3, 0.4) is 0 Å². The van der Waals surface area contributed by atoms with Gasteiger partial charge in [-0.3, -0.25) is 4.79 Å². The molecule has 2 aromatic carbocycles. The zero-order chi connectivity index (χ0) is 21.3. The fourth-order valence-electron chi connectivity index (χ4n) is 2.80. The number of hydrazone groups is 1. The number of carbonyl (C=O) groups excluding carboxylic acids is 1. The first kappa shape index (κ1) is 20.9. The van der Waals surface area contributed by atoms with Crippen molar-refractivity contribution in [2.45, 2.75) is 6.92 Å². The van der Waals surface area contributed by atoms with E-state index in [1.807, 2.05) is 0 Å². The van der Waals surface area contributed by atoms with Gasteiger partial charge in [0.25, 0.3) is 5.91 Å². The molecule has 0 saturated carbocycles. The maximum absolute atomic E-state index is 13.0. The summed E-state index contributed by atoms with van der Waals surface area (Å²) in [6.07, 6.45) is 1.68. The number of benzene rings is 2. The standard InChI is InChI=1S/C20H16BrClN2O5/c1-10-13(6-11-7-17(28-2)18(29-3)9-15(11)21)19(25)24(23-10)12-4-5-16(22)14(8-12)20(26)27/h4-9H,1-3H3,(H,26,27)/b13-6+. The smallest absolute Gasteiger partial charge is 0.337 e. The number of ether oxygens (including phenoxy) is 2. The molecule has 9 heteroatoms. The predicted molar refractivity (Wildman–Crippen MR) is 114 cm³/mol. The molecule has 0 fully saturated rings. The van der Waals surface area contributed by atoms with Crippen LogP contribution in [0.1, 0.15) is 22.8 Å². The normalized spacial score (nSPS) is 14.9. The number of halogens is 2. The minimum absolute atomic E-state index is 0.0821. The topological polar surface area (TPSA) is 88.4 Å². The van der Waals surface area contributed by atoms with E-state index in [0.29, 0.717) is 38.5 Å². The van der Waals surface area contributed by atoms with Crippen molar-refractivity contribution in [2.75, 3.05) is 19.2 Å². The molecule has 2 aromatic rings. The summed E-state index contributed by atoms with van der Waals surface area (Å²) in [5.41, 5.74) is 1.76. The number of hydrogen-bond donors (Lipinski definition) is 1. The van der Waals surface area contributed by atoms with E-state index in [-0.39, 0.29) is 16.5 Å². The monoisotopic (exact) mass is 478 g/mol. The largest absolute Gasteiger partial charge is 0.493 e. The highest BCUT2D eigenvalue weighted by atomic mass is 79.9. The fraction of sp³-hybridized carbons (Fsp3) is 0.150. The highest BCUT2D eigenvalue weighted by molar-refractivity contribution is 9.10. The summed E-state index contributed by atoms with van der Waals surface area (Å²) >= 11 is 9.38. The van der Waals surface area contributed by atoms with Crippen molar-refractivity contribution in [1.29, 1.82) is 0 Å². The zero-order valence-electron chi connectivity index (χ0n) is 15.7. The van der Waals surface area contributed by atoms with E-state index >= 15 is 0 Å². The van der Waals surface area contributed by atoms with Gasteiger partial charge in [-0.05, 0) is 48.9 Å². The van der Waals surface area contributed by atoms with Gasteiger partial charge in [-0.1, -0.05) is 27.5 Å². The Balaban J connectivity index is 2.01. The summed E-state index contributed by atoms with van der Waals surface area (Å²) in [5.74, 6) is -0.506. The molecule has 7 nitrogen and oxygen atoms in total. The maximum Gasteiger partial charge on any atom is 0.337 e. The highest BCUT2D eigenvalue weighted by Gasteiger charge is 2.30. The van der Waals surface area contributed by atoms with Crippen LogP contribution in [0.5, 0.6) is 11.5 Å². The lowest BCUT2D eigenvalue weighted by Crippen LogP contribution is -2.21. The number of rotatable bonds is 5. The van der Waals surface area contributed by atoms with Crippen LogP contribution in [0.15, 0.2) is 45.5 Å². The molecule has 1 aliphatic heterocycles. The van der Waals surface area contributed by atoms with Crippen molar-refractivity contribution in [1.82, 2.24) is 0 Å². The van der Waals surface area contributed by atoms with Crippen LogP contribution < -0.4 is 14.5 Å². The average molecular weight is 480 g/mol. The molecule has 1 aliphatic rings. The number of hydrogen-bond acceptors (Lipinski definition) is 5. The van der Waals surface area contributed by atoms with E-state index < -0.39 is 5.97 Å². The molecule has 1 heterocycles. The van der Waals surface area contributed by atoms with Crippen LogP contribution in [0.2, 0.25) is 5.02 Å². The molecule has 0 saturated heterocycles. The van der Waals surface area contributed by atoms with Crippen LogP contribution in [0.25, 0.3) is 6.08 Å². The molecule has 150 valence electrons. The summed E-state index contributed by atoms with van der Waals surface area (Å²) in [4.78, 5) is 24.3.